The number of benzene rings is 2. The summed E-state index contributed by atoms with van der Waals surface area (Å²) in [7, 11) is 0. The fraction of sp³-hybridized carbons (Fsp3) is 0.235. The largest absolute Gasteiger partial charge is 0.423 e. The van der Waals surface area contributed by atoms with Gasteiger partial charge in [-0.15, -0.1) is 0 Å². The molecule has 0 aliphatic carbocycles. The Hall–Kier alpha value is -2.89. The molecule has 3 rings (SSSR count). The second-order valence-corrected chi connectivity index (χ2v) is 5.36. The summed E-state index contributed by atoms with van der Waals surface area (Å²) in [6, 6.07) is 13.0. The predicted molar refractivity (Wildman–Crippen MR) is 85.9 cm³/mol. The molecule has 0 N–H and O–H groups in total. The first-order valence-corrected chi connectivity index (χ1v) is 7.46. The van der Waals surface area contributed by atoms with Crippen molar-refractivity contribution in [1.29, 1.82) is 0 Å². The minimum atomic E-state index is -0.582. The van der Waals surface area contributed by atoms with Crippen LogP contribution in [0.4, 0.5) is 11.4 Å². The van der Waals surface area contributed by atoms with Gasteiger partial charge in [0, 0.05) is 25.2 Å². The van der Waals surface area contributed by atoms with Gasteiger partial charge in [0.1, 0.15) is 5.75 Å². The van der Waals surface area contributed by atoms with Crippen LogP contribution in [0, 0.1) is 10.1 Å². The minimum absolute atomic E-state index is 0.118. The SMILES string of the molecule is O=C(Oc1ccccc1)c1cc([N+](=O)[O-])ccc1N1CCCC1. The number of hydrogen-bond donors (Lipinski definition) is 0. The van der Waals surface area contributed by atoms with Crippen LogP contribution in [0.5, 0.6) is 5.75 Å². The van der Waals surface area contributed by atoms with Crippen molar-refractivity contribution < 1.29 is 14.5 Å². The van der Waals surface area contributed by atoms with Crippen LogP contribution in [-0.2, 0) is 0 Å². The molecule has 0 atom stereocenters. The molecule has 0 aromatic heterocycles. The summed E-state index contributed by atoms with van der Waals surface area (Å²) >= 11 is 0. The van der Waals surface area contributed by atoms with E-state index in [2.05, 4.69) is 4.90 Å². The van der Waals surface area contributed by atoms with Crippen molar-refractivity contribution in [3.8, 4) is 5.75 Å². The molecule has 23 heavy (non-hydrogen) atoms. The fourth-order valence-corrected chi connectivity index (χ4v) is 2.69. The average Bonchev–Trinajstić information content (AvgIpc) is 3.09. The Morgan fingerprint density at radius 3 is 2.43 bits per heavy atom. The molecular weight excluding hydrogens is 296 g/mol. The third-order valence-electron chi connectivity index (χ3n) is 3.81. The number of esters is 1. The minimum Gasteiger partial charge on any atom is -0.423 e. The molecule has 1 aliphatic rings. The van der Waals surface area contributed by atoms with Gasteiger partial charge in [0.2, 0.25) is 0 Å². The number of carbonyl (C=O) groups excluding carboxylic acids is 1. The van der Waals surface area contributed by atoms with Crippen molar-refractivity contribution in [3.63, 3.8) is 0 Å². The summed E-state index contributed by atoms with van der Waals surface area (Å²) in [5.41, 5.74) is 0.798. The molecule has 0 unspecified atom stereocenters. The molecular formula is C17H16N2O4. The molecule has 6 nitrogen and oxygen atoms in total. The number of nitro benzene ring substituents is 1. The van der Waals surface area contributed by atoms with Crippen LogP contribution in [-0.4, -0.2) is 24.0 Å². The number of carbonyl (C=O) groups is 1. The van der Waals surface area contributed by atoms with Gasteiger partial charge in [-0.1, -0.05) is 18.2 Å². The van der Waals surface area contributed by atoms with Gasteiger partial charge in [0.15, 0.2) is 0 Å². The standard InChI is InChI=1S/C17H16N2O4/c20-17(23-14-6-2-1-3-7-14)15-12-13(19(21)22)8-9-16(15)18-10-4-5-11-18/h1-3,6-9,12H,4-5,10-11H2. The highest BCUT2D eigenvalue weighted by atomic mass is 16.6. The highest BCUT2D eigenvalue weighted by molar-refractivity contribution is 5.98. The molecule has 6 heteroatoms. The predicted octanol–water partition coefficient (Wildman–Crippen LogP) is 3.41. The second-order valence-electron chi connectivity index (χ2n) is 5.36. The number of hydrogen-bond acceptors (Lipinski definition) is 5. The fourth-order valence-electron chi connectivity index (χ4n) is 2.69. The van der Waals surface area contributed by atoms with Gasteiger partial charge in [-0.05, 0) is 31.0 Å². The van der Waals surface area contributed by atoms with Crippen LogP contribution in [0.2, 0.25) is 0 Å². The first kappa shape index (κ1) is 15.0. The molecule has 118 valence electrons. The van der Waals surface area contributed by atoms with Gasteiger partial charge in [-0.25, -0.2) is 4.79 Å². The number of para-hydroxylation sites is 1. The molecule has 2 aromatic rings. The molecule has 0 amide bonds. The van der Waals surface area contributed by atoms with Gasteiger partial charge in [0.05, 0.1) is 16.2 Å². The van der Waals surface area contributed by atoms with Crippen LogP contribution in [0.1, 0.15) is 23.2 Å². The van der Waals surface area contributed by atoms with E-state index in [-0.39, 0.29) is 11.3 Å². The van der Waals surface area contributed by atoms with Crippen molar-refractivity contribution in [2.75, 3.05) is 18.0 Å². The lowest BCUT2D eigenvalue weighted by Crippen LogP contribution is -2.22. The second kappa shape index (κ2) is 6.48. The summed E-state index contributed by atoms with van der Waals surface area (Å²) in [4.78, 5) is 25.1. The Labute approximate surface area is 133 Å². The molecule has 0 bridgehead atoms. The summed E-state index contributed by atoms with van der Waals surface area (Å²) in [5.74, 6) is -0.168. The number of ether oxygens (including phenoxy) is 1. The maximum absolute atomic E-state index is 12.5. The number of anilines is 1. The quantitative estimate of drug-likeness (QED) is 0.374. The highest BCUT2D eigenvalue weighted by Crippen LogP contribution is 2.29. The van der Waals surface area contributed by atoms with E-state index >= 15 is 0 Å². The van der Waals surface area contributed by atoms with Gasteiger partial charge in [-0.3, -0.25) is 10.1 Å². The van der Waals surface area contributed by atoms with E-state index in [1.54, 1.807) is 30.3 Å². The number of nitrogens with zero attached hydrogens (tertiary/aromatic N) is 2. The Balaban J connectivity index is 1.95. The Morgan fingerprint density at radius 2 is 1.78 bits per heavy atom. The van der Waals surface area contributed by atoms with Crippen molar-refractivity contribution in [1.82, 2.24) is 0 Å². The van der Waals surface area contributed by atoms with E-state index in [1.807, 2.05) is 6.07 Å². The summed E-state index contributed by atoms with van der Waals surface area (Å²) in [6.45, 7) is 1.67. The average molecular weight is 312 g/mol. The van der Waals surface area contributed by atoms with Crippen LogP contribution in [0.25, 0.3) is 0 Å². The Kier molecular flexibility index (Phi) is 4.23. The van der Waals surface area contributed by atoms with Crippen LogP contribution >= 0.6 is 0 Å². The van der Waals surface area contributed by atoms with Gasteiger partial charge in [0.25, 0.3) is 5.69 Å². The van der Waals surface area contributed by atoms with Gasteiger partial charge >= 0.3 is 5.97 Å². The molecule has 1 saturated heterocycles. The monoisotopic (exact) mass is 312 g/mol. The maximum Gasteiger partial charge on any atom is 0.345 e. The topological polar surface area (TPSA) is 72.7 Å². The molecule has 1 aliphatic heterocycles. The molecule has 0 radical (unpaired) electrons. The molecule has 1 heterocycles. The zero-order chi connectivity index (χ0) is 16.2. The van der Waals surface area contributed by atoms with Crippen molar-refractivity contribution in [3.05, 3.63) is 64.2 Å². The lowest BCUT2D eigenvalue weighted by Gasteiger charge is -2.20. The highest BCUT2D eigenvalue weighted by Gasteiger charge is 2.23. The first-order valence-electron chi connectivity index (χ1n) is 7.46. The molecule has 2 aromatic carbocycles. The normalized spacial score (nSPS) is 13.8. The smallest absolute Gasteiger partial charge is 0.345 e. The van der Waals surface area contributed by atoms with Crippen molar-refractivity contribution >= 4 is 17.3 Å². The van der Waals surface area contributed by atoms with Crippen molar-refractivity contribution in [2.45, 2.75) is 12.8 Å². The number of rotatable bonds is 4. The van der Waals surface area contributed by atoms with E-state index in [0.29, 0.717) is 11.4 Å². The molecule has 0 spiro atoms. The van der Waals surface area contributed by atoms with E-state index in [9.17, 15) is 14.9 Å². The lowest BCUT2D eigenvalue weighted by atomic mass is 10.1. The van der Waals surface area contributed by atoms with E-state index in [0.717, 1.165) is 25.9 Å². The van der Waals surface area contributed by atoms with Crippen molar-refractivity contribution in [2.24, 2.45) is 0 Å². The van der Waals surface area contributed by atoms with E-state index in [4.69, 9.17) is 4.74 Å². The number of non-ortho nitro benzene ring substituents is 1. The summed E-state index contributed by atoms with van der Waals surface area (Å²) in [6.07, 6.45) is 2.09. The zero-order valence-electron chi connectivity index (χ0n) is 12.5. The zero-order valence-corrected chi connectivity index (χ0v) is 12.5. The Morgan fingerprint density at radius 1 is 1.09 bits per heavy atom. The summed E-state index contributed by atoms with van der Waals surface area (Å²) < 4.78 is 5.35. The van der Waals surface area contributed by atoms with E-state index in [1.165, 1.54) is 12.1 Å². The number of nitro groups is 1. The Bertz CT molecular complexity index is 725. The van der Waals surface area contributed by atoms with Crippen LogP contribution in [0.3, 0.4) is 0 Å². The van der Waals surface area contributed by atoms with Gasteiger partial charge in [-0.2, -0.15) is 0 Å². The summed E-state index contributed by atoms with van der Waals surface area (Å²) in [5, 5.41) is 11.0. The molecule has 0 saturated carbocycles. The first-order chi connectivity index (χ1) is 11.1. The van der Waals surface area contributed by atoms with Crippen LogP contribution < -0.4 is 9.64 Å². The van der Waals surface area contributed by atoms with E-state index < -0.39 is 10.9 Å². The third kappa shape index (κ3) is 3.31. The third-order valence-corrected chi connectivity index (χ3v) is 3.81. The van der Waals surface area contributed by atoms with Crippen LogP contribution in [0.15, 0.2) is 48.5 Å². The molecule has 1 fully saturated rings. The van der Waals surface area contributed by atoms with Gasteiger partial charge < -0.3 is 9.64 Å². The maximum atomic E-state index is 12.5. The lowest BCUT2D eigenvalue weighted by molar-refractivity contribution is -0.384.